The Labute approximate surface area is 112 Å². The molecule has 0 bridgehead atoms. The van der Waals surface area contributed by atoms with Gasteiger partial charge in [0.2, 0.25) is 0 Å². The summed E-state index contributed by atoms with van der Waals surface area (Å²) >= 11 is 5.75. The molecule has 0 aliphatic carbocycles. The van der Waals surface area contributed by atoms with Gasteiger partial charge < -0.3 is 4.90 Å². The summed E-state index contributed by atoms with van der Waals surface area (Å²) in [6.45, 7) is 7.68. The number of aryl methyl sites for hydroxylation is 1. The van der Waals surface area contributed by atoms with Gasteiger partial charge in [-0.1, -0.05) is 11.6 Å². The summed E-state index contributed by atoms with van der Waals surface area (Å²) in [6.07, 6.45) is 0. The number of nitrogens with zero attached hydrogens (tertiary/aromatic N) is 4. The van der Waals surface area contributed by atoms with Crippen molar-refractivity contribution in [3.63, 3.8) is 0 Å². The highest BCUT2D eigenvalue weighted by Gasteiger charge is 2.14. The molecule has 0 atom stereocenters. The Kier molecular flexibility index (Phi) is 4.37. The number of halogens is 1. The van der Waals surface area contributed by atoms with Crippen LogP contribution >= 0.6 is 11.6 Å². The Morgan fingerprint density at radius 1 is 1.28 bits per heavy atom. The zero-order chi connectivity index (χ0) is 13.1. The maximum Gasteiger partial charge on any atom is 0.255 e. The number of rotatable bonds is 3. The van der Waals surface area contributed by atoms with Gasteiger partial charge in [0.1, 0.15) is 11.0 Å². The van der Waals surface area contributed by atoms with Gasteiger partial charge >= 0.3 is 0 Å². The molecule has 100 valence electrons. The third-order valence-corrected chi connectivity index (χ3v) is 3.60. The quantitative estimate of drug-likeness (QED) is 0.748. The molecule has 2 rings (SSSR count). The fourth-order valence-electron chi connectivity index (χ4n) is 2.17. The van der Waals surface area contributed by atoms with Crippen molar-refractivity contribution in [1.29, 1.82) is 0 Å². The first-order chi connectivity index (χ1) is 8.56. The van der Waals surface area contributed by atoms with Gasteiger partial charge in [-0.15, -0.1) is 0 Å². The smallest absolute Gasteiger partial charge is 0.255 e. The summed E-state index contributed by atoms with van der Waals surface area (Å²) < 4.78 is 1.68. The Morgan fingerprint density at radius 3 is 2.56 bits per heavy atom. The molecule has 0 saturated carbocycles. The fraction of sp³-hybridized carbons (Fsp3) is 0.667. The molecule has 0 unspecified atom stereocenters. The lowest BCUT2D eigenvalue weighted by Gasteiger charge is -2.32. The van der Waals surface area contributed by atoms with Crippen molar-refractivity contribution >= 4 is 11.6 Å². The highest BCUT2D eigenvalue weighted by Crippen LogP contribution is 2.03. The van der Waals surface area contributed by atoms with E-state index in [1.165, 1.54) is 6.07 Å². The van der Waals surface area contributed by atoms with Crippen molar-refractivity contribution < 1.29 is 0 Å². The van der Waals surface area contributed by atoms with Crippen LogP contribution in [0.4, 0.5) is 0 Å². The normalized spacial score (nSPS) is 18.2. The Hall–Kier alpha value is -0.910. The van der Waals surface area contributed by atoms with Crippen LogP contribution < -0.4 is 5.56 Å². The largest absolute Gasteiger partial charge is 0.304 e. The molecular weight excluding hydrogens is 252 g/mol. The van der Waals surface area contributed by atoms with E-state index in [-0.39, 0.29) is 10.7 Å². The average Bonchev–Trinajstić information content (AvgIpc) is 2.30. The van der Waals surface area contributed by atoms with Crippen molar-refractivity contribution in [1.82, 2.24) is 19.4 Å². The molecule has 0 N–H and O–H groups in total. The summed E-state index contributed by atoms with van der Waals surface area (Å²) in [5.74, 6) is 0.682. The average molecular weight is 271 g/mol. The van der Waals surface area contributed by atoms with Gasteiger partial charge in [-0.3, -0.25) is 14.3 Å². The number of piperazine rings is 1. The van der Waals surface area contributed by atoms with E-state index in [4.69, 9.17) is 11.6 Å². The third-order valence-electron chi connectivity index (χ3n) is 3.40. The third kappa shape index (κ3) is 3.31. The molecule has 6 heteroatoms. The number of likely N-dealkylation sites (N-methyl/N-ethyl adjacent to an activating group) is 1. The molecule has 1 fully saturated rings. The van der Waals surface area contributed by atoms with Crippen molar-refractivity contribution in [2.45, 2.75) is 13.5 Å². The van der Waals surface area contributed by atoms with Gasteiger partial charge in [-0.05, 0) is 14.0 Å². The summed E-state index contributed by atoms with van der Waals surface area (Å²) in [5, 5.41) is 0.272. The maximum atomic E-state index is 11.8. The van der Waals surface area contributed by atoms with Gasteiger partial charge in [0, 0.05) is 45.3 Å². The molecule has 1 aliphatic heterocycles. The zero-order valence-electron chi connectivity index (χ0n) is 10.9. The van der Waals surface area contributed by atoms with Crippen LogP contribution in [-0.4, -0.2) is 59.1 Å². The van der Waals surface area contributed by atoms with Crippen LogP contribution in [0.15, 0.2) is 10.9 Å². The number of hydrogen-bond donors (Lipinski definition) is 0. The molecule has 1 saturated heterocycles. The zero-order valence-corrected chi connectivity index (χ0v) is 11.7. The molecule has 18 heavy (non-hydrogen) atoms. The van der Waals surface area contributed by atoms with E-state index >= 15 is 0 Å². The number of aromatic nitrogens is 2. The number of hydrogen-bond acceptors (Lipinski definition) is 4. The lowest BCUT2D eigenvalue weighted by Crippen LogP contribution is -2.46. The van der Waals surface area contributed by atoms with E-state index < -0.39 is 0 Å². The van der Waals surface area contributed by atoms with Crippen LogP contribution in [0.2, 0.25) is 5.15 Å². The predicted octanol–water partition coefficient (Wildman–Crippen LogP) is 0.453. The molecule has 1 aromatic heterocycles. The second kappa shape index (κ2) is 5.82. The van der Waals surface area contributed by atoms with E-state index in [9.17, 15) is 4.79 Å². The van der Waals surface area contributed by atoms with Gasteiger partial charge in [0.25, 0.3) is 5.56 Å². The summed E-state index contributed by atoms with van der Waals surface area (Å²) in [4.78, 5) is 20.6. The lowest BCUT2D eigenvalue weighted by atomic mass is 10.3. The Morgan fingerprint density at radius 2 is 1.94 bits per heavy atom. The van der Waals surface area contributed by atoms with Gasteiger partial charge in [0.15, 0.2) is 0 Å². The summed E-state index contributed by atoms with van der Waals surface area (Å²) in [6, 6.07) is 1.37. The van der Waals surface area contributed by atoms with Crippen molar-refractivity contribution in [2.24, 2.45) is 0 Å². The SMILES string of the molecule is Cc1nc(Cl)cc(=O)n1CCN1CCN(C)CC1. The van der Waals surface area contributed by atoms with Gasteiger partial charge in [0.05, 0.1) is 0 Å². The van der Waals surface area contributed by atoms with Gasteiger partial charge in [-0.25, -0.2) is 4.98 Å². The van der Waals surface area contributed by atoms with Crippen molar-refractivity contribution in [3.05, 3.63) is 27.4 Å². The van der Waals surface area contributed by atoms with E-state index in [0.29, 0.717) is 12.4 Å². The fourth-order valence-corrected chi connectivity index (χ4v) is 2.39. The second-order valence-electron chi connectivity index (χ2n) is 4.76. The summed E-state index contributed by atoms with van der Waals surface area (Å²) in [7, 11) is 2.13. The highest BCUT2D eigenvalue weighted by atomic mass is 35.5. The van der Waals surface area contributed by atoms with Crippen LogP contribution in [0.1, 0.15) is 5.82 Å². The van der Waals surface area contributed by atoms with Crippen molar-refractivity contribution in [3.8, 4) is 0 Å². The van der Waals surface area contributed by atoms with E-state index in [2.05, 4.69) is 21.8 Å². The molecule has 0 amide bonds. The molecule has 2 heterocycles. The molecule has 1 aliphatic rings. The Bertz CT molecular complexity index is 466. The van der Waals surface area contributed by atoms with E-state index in [1.807, 2.05) is 6.92 Å². The molecule has 0 aromatic carbocycles. The molecule has 0 radical (unpaired) electrons. The standard InChI is InChI=1S/C12H19ClN4O/c1-10-14-11(13)9-12(18)17(10)8-7-16-5-3-15(2)4-6-16/h9H,3-8H2,1-2H3. The van der Waals surface area contributed by atoms with Crippen LogP contribution in [0.3, 0.4) is 0 Å². The van der Waals surface area contributed by atoms with Crippen LogP contribution in [0, 0.1) is 6.92 Å². The minimum absolute atomic E-state index is 0.0679. The minimum atomic E-state index is -0.0679. The van der Waals surface area contributed by atoms with Crippen LogP contribution in [0.5, 0.6) is 0 Å². The van der Waals surface area contributed by atoms with E-state index in [1.54, 1.807) is 4.57 Å². The van der Waals surface area contributed by atoms with Crippen LogP contribution in [0.25, 0.3) is 0 Å². The maximum absolute atomic E-state index is 11.8. The molecule has 1 aromatic rings. The lowest BCUT2D eigenvalue weighted by molar-refractivity contribution is 0.149. The Balaban J connectivity index is 1.96. The topological polar surface area (TPSA) is 41.4 Å². The summed E-state index contributed by atoms with van der Waals surface area (Å²) in [5.41, 5.74) is -0.0679. The van der Waals surface area contributed by atoms with E-state index in [0.717, 1.165) is 32.7 Å². The molecule has 0 spiro atoms. The predicted molar refractivity (Wildman–Crippen MR) is 72.2 cm³/mol. The minimum Gasteiger partial charge on any atom is -0.304 e. The highest BCUT2D eigenvalue weighted by molar-refractivity contribution is 6.29. The monoisotopic (exact) mass is 270 g/mol. The first kappa shape index (κ1) is 13.5. The first-order valence-corrected chi connectivity index (χ1v) is 6.59. The molecule has 5 nitrogen and oxygen atoms in total. The first-order valence-electron chi connectivity index (χ1n) is 6.21. The van der Waals surface area contributed by atoms with Gasteiger partial charge in [-0.2, -0.15) is 0 Å². The molecular formula is C12H19ClN4O. The second-order valence-corrected chi connectivity index (χ2v) is 5.15. The van der Waals surface area contributed by atoms with Crippen molar-refractivity contribution in [2.75, 3.05) is 39.8 Å². The van der Waals surface area contributed by atoms with Crippen LogP contribution in [-0.2, 0) is 6.54 Å².